The van der Waals surface area contributed by atoms with Crippen molar-refractivity contribution in [1.82, 2.24) is 20.1 Å². The van der Waals surface area contributed by atoms with Crippen molar-refractivity contribution in [1.29, 1.82) is 0 Å². The minimum absolute atomic E-state index is 0.0479. The van der Waals surface area contributed by atoms with Crippen molar-refractivity contribution < 1.29 is 23.9 Å². The van der Waals surface area contributed by atoms with Gasteiger partial charge in [-0.3, -0.25) is 14.5 Å². The summed E-state index contributed by atoms with van der Waals surface area (Å²) in [5.74, 6) is 0.522. The zero-order valence-electron chi connectivity index (χ0n) is 29.4. The number of rotatable bonds is 11. The number of fused-ring (bicyclic) bond motifs is 1. The number of nitrogens with one attached hydrogen (secondary N) is 1. The molecule has 2 fully saturated rings. The summed E-state index contributed by atoms with van der Waals surface area (Å²) < 4.78 is 11.6. The van der Waals surface area contributed by atoms with E-state index in [-0.39, 0.29) is 23.8 Å². The van der Waals surface area contributed by atoms with Crippen molar-refractivity contribution in [3.05, 3.63) is 46.8 Å². The smallest absolute Gasteiger partial charge is 0.410 e. The van der Waals surface area contributed by atoms with Crippen LogP contribution in [-0.4, -0.2) is 70.6 Å². The van der Waals surface area contributed by atoms with E-state index < -0.39 is 23.8 Å². The van der Waals surface area contributed by atoms with Gasteiger partial charge in [0.2, 0.25) is 11.8 Å². The van der Waals surface area contributed by atoms with Crippen LogP contribution in [0.15, 0.2) is 41.8 Å². The number of ether oxygens (including phenoxy) is 2. The summed E-state index contributed by atoms with van der Waals surface area (Å²) in [7, 11) is 1.56. The lowest BCUT2D eigenvalue weighted by molar-refractivity contribution is -0.140. The predicted octanol–water partition coefficient (Wildman–Crippen LogP) is 8.13. The molecule has 10 heteroatoms. The van der Waals surface area contributed by atoms with Crippen LogP contribution < -0.4 is 10.1 Å². The molecule has 1 aromatic heterocycles. The zero-order valence-corrected chi connectivity index (χ0v) is 30.2. The number of amides is 3. The number of hydrogen-bond donors (Lipinski definition) is 1. The van der Waals surface area contributed by atoms with Crippen LogP contribution in [0.5, 0.6) is 5.75 Å². The molecule has 0 spiro atoms. The van der Waals surface area contributed by atoms with Gasteiger partial charge in [-0.15, -0.1) is 11.3 Å². The van der Waals surface area contributed by atoms with E-state index in [0.717, 1.165) is 90.6 Å². The average Bonchev–Trinajstić information content (AvgIpc) is 3.76. The van der Waals surface area contributed by atoms with E-state index >= 15 is 0 Å². The van der Waals surface area contributed by atoms with E-state index in [1.54, 1.807) is 46.1 Å². The highest BCUT2D eigenvalue weighted by Crippen LogP contribution is 2.40. The Morgan fingerprint density at radius 3 is 2.48 bits per heavy atom. The second-order valence-corrected chi connectivity index (χ2v) is 15.2. The van der Waals surface area contributed by atoms with Gasteiger partial charge in [-0.05, 0) is 83.2 Å². The van der Waals surface area contributed by atoms with E-state index in [9.17, 15) is 14.4 Å². The molecule has 5 rings (SSSR count). The van der Waals surface area contributed by atoms with Crippen molar-refractivity contribution in [2.75, 3.05) is 20.2 Å². The number of hydrogen-bond acceptors (Lipinski definition) is 7. The van der Waals surface area contributed by atoms with Gasteiger partial charge >= 0.3 is 6.09 Å². The predicted molar refractivity (Wildman–Crippen MR) is 191 cm³/mol. The molecule has 3 amide bonds. The third-order valence-corrected chi connectivity index (χ3v) is 10.5. The average molecular weight is 677 g/mol. The number of likely N-dealkylation sites (tertiary alicyclic amines) is 1. The van der Waals surface area contributed by atoms with Gasteiger partial charge in [0.25, 0.3) is 0 Å². The Morgan fingerprint density at radius 1 is 1.04 bits per heavy atom. The minimum Gasteiger partial charge on any atom is -0.493 e. The van der Waals surface area contributed by atoms with Crippen LogP contribution >= 0.6 is 11.3 Å². The molecule has 2 heterocycles. The number of carbonyl (C=O) groups excluding carboxylic acids is 3. The first-order valence-corrected chi connectivity index (χ1v) is 18.5. The molecule has 260 valence electrons. The van der Waals surface area contributed by atoms with Gasteiger partial charge in [-0.1, -0.05) is 56.9 Å². The number of nitrogens with zero attached hydrogens (tertiary/aromatic N) is 3. The zero-order chi connectivity index (χ0) is 34.4. The monoisotopic (exact) mass is 676 g/mol. The molecule has 0 radical (unpaired) electrons. The quantitative estimate of drug-likeness (QED) is 0.206. The Bertz CT molecular complexity index is 1580. The molecule has 48 heavy (non-hydrogen) atoms. The highest BCUT2D eigenvalue weighted by molar-refractivity contribution is 7.10. The first-order valence-electron chi connectivity index (χ1n) is 17.7. The fourth-order valence-electron chi connectivity index (χ4n) is 6.77. The third-order valence-electron chi connectivity index (χ3n) is 9.59. The van der Waals surface area contributed by atoms with Gasteiger partial charge in [-0.25, -0.2) is 9.78 Å². The maximum atomic E-state index is 14.4. The largest absolute Gasteiger partial charge is 0.493 e. The molecular weight excluding hydrogens is 625 g/mol. The molecule has 2 aromatic carbocycles. The van der Waals surface area contributed by atoms with Crippen molar-refractivity contribution in [3.8, 4) is 17.0 Å². The van der Waals surface area contributed by atoms with Gasteiger partial charge in [0.1, 0.15) is 28.4 Å². The number of benzene rings is 2. The summed E-state index contributed by atoms with van der Waals surface area (Å²) in [5, 5.41) is 8.26. The third kappa shape index (κ3) is 8.31. The van der Waals surface area contributed by atoms with Crippen LogP contribution in [0, 0.1) is 5.92 Å². The molecule has 9 nitrogen and oxygen atoms in total. The second-order valence-electron chi connectivity index (χ2n) is 14.3. The van der Waals surface area contributed by atoms with Crippen LogP contribution in [0.1, 0.15) is 103 Å². The molecular formula is C38H52N4O5S. The van der Waals surface area contributed by atoms with E-state index in [0.29, 0.717) is 13.2 Å². The van der Waals surface area contributed by atoms with E-state index in [2.05, 4.69) is 35.8 Å². The lowest BCUT2D eigenvalue weighted by Gasteiger charge is -2.36. The Labute approximate surface area is 289 Å². The van der Waals surface area contributed by atoms with Crippen LogP contribution in [-0.2, 0) is 14.3 Å². The standard InChI is InChI=1S/C38H52N4O5S/c1-7-8-23-46-32-21-20-28(27-17-12-13-18-29(27)32)30-24-48-35(39-30)31-19-14-22-42(31)36(44)33(26-15-10-9-11-16-26)40-34(43)25(2)41(6)37(45)47-38(3,4)5/h12-13,17-18,20-21,24-26,31,33H,7-11,14-16,19,22-23H2,1-6H3,(H,40,43)/t25-,31-,33-/m0/s1. The topological polar surface area (TPSA) is 101 Å². The Hall–Kier alpha value is -3.66. The molecule has 1 N–H and O–H groups in total. The fraction of sp³-hybridized carbons (Fsp3) is 0.579. The molecule has 0 bridgehead atoms. The lowest BCUT2D eigenvalue weighted by Crippen LogP contribution is -2.56. The number of carbonyl (C=O) groups is 3. The second kappa shape index (κ2) is 15.7. The summed E-state index contributed by atoms with van der Waals surface area (Å²) in [4.78, 5) is 49.1. The molecule has 1 aliphatic carbocycles. The summed E-state index contributed by atoms with van der Waals surface area (Å²) in [6.45, 7) is 10.5. The number of aromatic nitrogens is 1. The van der Waals surface area contributed by atoms with Crippen LogP contribution in [0.25, 0.3) is 22.0 Å². The Balaban J connectivity index is 1.36. The number of thiazole rings is 1. The van der Waals surface area contributed by atoms with E-state index in [1.807, 2.05) is 23.1 Å². The highest BCUT2D eigenvalue weighted by Gasteiger charge is 2.41. The van der Waals surface area contributed by atoms with Gasteiger partial charge in [0, 0.05) is 29.9 Å². The minimum atomic E-state index is -0.798. The molecule has 0 unspecified atom stereocenters. The summed E-state index contributed by atoms with van der Waals surface area (Å²) in [5.41, 5.74) is 1.26. The van der Waals surface area contributed by atoms with Crippen molar-refractivity contribution in [2.24, 2.45) is 5.92 Å². The maximum Gasteiger partial charge on any atom is 0.410 e. The molecule has 3 aromatic rings. The van der Waals surface area contributed by atoms with Crippen molar-refractivity contribution in [3.63, 3.8) is 0 Å². The van der Waals surface area contributed by atoms with E-state index in [1.165, 1.54) is 4.90 Å². The number of unbranched alkanes of at least 4 members (excludes halogenated alkanes) is 1. The van der Waals surface area contributed by atoms with Crippen LogP contribution in [0.3, 0.4) is 0 Å². The van der Waals surface area contributed by atoms with Gasteiger partial charge in [-0.2, -0.15) is 0 Å². The summed E-state index contributed by atoms with van der Waals surface area (Å²) in [6, 6.07) is 10.8. The van der Waals surface area contributed by atoms with Crippen LogP contribution in [0.4, 0.5) is 4.79 Å². The SMILES string of the molecule is CCCCOc1ccc(-c2csc([C@@H]3CCCN3C(=O)[C@@H](NC(=O)[C@H](C)N(C)C(=O)OC(C)(C)C)C3CCCCC3)n2)c2ccccc12. The summed E-state index contributed by atoms with van der Waals surface area (Å²) in [6.07, 6.45) is 8.20. The van der Waals surface area contributed by atoms with Crippen LogP contribution in [0.2, 0.25) is 0 Å². The Morgan fingerprint density at radius 2 is 1.77 bits per heavy atom. The molecule has 1 aliphatic heterocycles. The molecule has 2 aliphatic rings. The Kier molecular flexibility index (Phi) is 11.7. The van der Waals surface area contributed by atoms with Crippen molar-refractivity contribution >= 4 is 40.0 Å². The number of likely N-dealkylation sites (N-methyl/N-ethyl adjacent to an activating group) is 1. The maximum absolute atomic E-state index is 14.4. The molecule has 1 saturated carbocycles. The molecule has 3 atom stereocenters. The summed E-state index contributed by atoms with van der Waals surface area (Å²) >= 11 is 1.59. The van der Waals surface area contributed by atoms with Gasteiger partial charge < -0.3 is 19.7 Å². The normalized spacial score (nSPS) is 18.4. The molecule has 1 saturated heterocycles. The van der Waals surface area contributed by atoms with E-state index in [4.69, 9.17) is 14.5 Å². The van der Waals surface area contributed by atoms with Crippen molar-refractivity contribution in [2.45, 2.75) is 116 Å². The van der Waals surface area contributed by atoms with Gasteiger partial charge in [0.15, 0.2) is 0 Å². The fourth-order valence-corrected chi connectivity index (χ4v) is 7.73. The first kappa shape index (κ1) is 35.6. The first-order chi connectivity index (χ1) is 23.0. The van der Waals surface area contributed by atoms with Gasteiger partial charge in [0.05, 0.1) is 18.3 Å². The lowest BCUT2D eigenvalue weighted by atomic mass is 9.83. The highest BCUT2D eigenvalue weighted by atomic mass is 32.1.